The first-order valence-corrected chi connectivity index (χ1v) is 4.79. The van der Waals surface area contributed by atoms with Crippen molar-refractivity contribution in [3.8, 4) is 0 Å². The third-order valence-electron chi connectivity index (χ3n) is 1.76. The van der Waals surface area contributed by atoms with Gasteiger partial charge in [-0.1, -0.05) is 11.3 Å². The monoisotopic (exact) mass is 222 g/mol. The molecule has 6 nitrogen and oxygen atoms in total. The van der Waals surface area contributed by atoms with Gasteiger partial charge in [0.2, 0.25) is 5.13 Å². The van der Waals surface area contributed by atoms with E-state index in [2.05, 4.69) is 22.2 Å². The molecule has 1 heterocycles. The maximum atomic E-state index is 10.5. The molecular formula is C8H6N4O2S. The number of non-ortho nitro benzene ring substituents is 1. The normalized spacial score (nSPS) is 10.1. The fourth-order valence-electron chi connectivity index (χ4n) is 1.14. The smallest absolute Gasteiger partial charge is 0.258 e. The van der Waals surface area contributed by atoms with E-state index >= 15 is 0 Å². The summed E-state index contributed by atoms with van der Waals surface area (Å²) in [5.74, 6) is 0. The van der Waals surface area contributed by atoms with Gasteiger partial charge in [0.05, 0.1) is 15.1 Å². The van der Waals surface area contributed by atoms with Gasteiger partial charge in [-0.3, -0.25) is 15.5 Å². The molecule has 0 atom stereocenters. The lowest BCUT2D eigenvalue weighted by Crippen LogP contribution is -1.86. The standard InChI is InChI=1S/C8H6N4O2S/c1-9-11-8-10-6-3-2-5(12(13)14)4-7(6)15-8/h2-4H,1H2,(H,10,11). The van der Waals surface area contributed by atoms with Gasteiger partial charge in [-0.05, 0) is 6.07 Å². The maximum absolute atomic E-state index is 10.5. The van der Waals surface area contributed by atoms with Gasteiger partial charge in [0.15, 0.2) is 0 Å². The van der Waals surface area contributed by atoms with Crippen LogP contribution in [0.25, 0.3) is 10.2 Å². The first-order chi connectivity index (χ1) is 7.20. The van der Waals surface area contributed by atoms with Crippen molar-refractivity contribution in [1.29, 1.82) is 0 Å². The van der Waals surface area contributed by atoms with Crippen LogP contribution >= 0.6 is 11.3 Å². The zero-order chi connectivity index (χ0) is 10.8. The van der Waals surface area contributed by atoms with Crippen LogP contribution in [0.1, 0.15) is 0 Å². The molecule has 0 saturated carbocycles. The number of fused-ring (bicyclic) bond motifs is 1. The van der Waals surface area contributed by atoms with Crippen molar-refractivity contribution < 1.29 is 4.92 Å². The lowest BCUT2D eigenvalue weighted by molar-refractivity contribution is -0.384. The minimum absolute atomic E-state index is 0.0595. The van der Waals surface area contributed by atoms with E-state index in [1.54, 1.807) is 6.07 Å². The van der Waals surface area contributed by atoms with Gasteiger partial charge in [-0.15, -0.1) is 0 Å². The highest BCUT2D eigenvalue weighted by atomic mass is 32.1. The Kier molecular flexibility index (Phi) is 2.30. The van der Waals surface area contributed by atoms with E-state index in [0.29, 0.717) is 10.6 Å². The molecule has 7 heteroatoms. The Morgan fingerprint density at radius 3 is 3.07 bits per heavy atom. The molecule has 0 radical (unpaired) electrons. The summed E-state index contributed by atoms with van der Waals surface area (Å²) in [5, 5.41) is 14.6. The molecule has 0 aliphatic rings. The molecule has 1 aromatic heterocycles. The van der Waals surface area contributed by atoms with Gasteiger partial charge in [-0.2, -0.15) is 5.10 Å². The van der Waals surface area contributed by atoms with Crippen molar-refractivity contribution in [2.75, 3.05) is 5.43 Å². The Bertz CT molecular complexity index is 536. The molecule has 0 unspecified atom stereocenters. The van der Waals surface area contributed by atoms with Crippen molar-refractivity contribution >= 4 is 39.1 Å². The lowest BCUT2D eigenvalue weighted by atomic mass is 10.3. The van der Waals surface area contributed by atoms with Crippen LogP contribution in [0.15, 0.2) is 23.3 Å². The van der Waals surface area contributed by atoms with E-state index in [1.165, 1.54) is 23.5 Å². The Morgan fingerprint density at radius 2 is 2.40 bits per heavy atom. The summed E-state index contributed by atoms with van der Waals surface area (Å²) >= 11 is 1.29. The average Bonchev–Trinajstić information content (AvgIpc) is 2.59. The van der Waals surface area contributed by atoms with Crippen molar-refractivity contribution in [2.45, 2.75) is 0 Å². The first-order valence-electron chi connectivity index (χ1n) is 3.97. The summed E-state index contributed by atoms with van der Waals surface area (Å²) in [5.41, 5.74) is 3.36. The van der Waals surface area contributed by atoms with E-state index in [-0.39, 0.29) is 5.69 Å². The second kappa shape index (κ2) is 3.62. The zero-order valence-corrected chi connectivity index (χ0v) is 8.32. The van der Waals surface area contributed by atoms with E-state index in [1.807, 2.05) is 0 Å². The second-order valence-corrected chi connectivity index (χ2v) is 3.73. The number of nitrogens with zero attached hydrogens (tertiary/aromatic N) is 3. The van der Waals surface area contributed by atoms with Crippen molar-refractivity contribution in [3.63, 3.8) is 0 Å². The number of hydrogen-bond donors (Lipinski definition) is 1. The molecule has 0 spiro atoms. The number of hydrazone groups is 1. The quantitative estimate of drug-likeness (QED) is 0.490. The molecule has 0 aliphatic heterocycles. The number of benzene rings is 1. The fraction of sp³-hybridized carbons (Fsp3) is 0. The number of aromatic nitrogens is 1. The van der Waals surface area contributed by atoms with Gasteiger partial charge in [0, 0.05) is 18.9 Å². The number of anilines is 1. The number of nitro groups is 1. The number of thiazole rings is 1. The molecule has 0 amide bonds. The SMILES string of the molecule is C=NNc1nc2ccc([N+](=O)[O-])cc2s1. The molecule has 0 bridgehead atoms. The summed E-state index contributed by atoms with van der Waals surface area (Å²) in [6, 6.07) is 4.52. The highest BCUT2D eigenvalue weighted by Crippen LogP contribution is 2.28. The van der Waals surface area contributed by atoms with Crippen LogP contribution in [-0.4, -0.2) is 16.6 Å². The first kappa shape index (κ1) is 9.53. The summed E-state index contributed by atoms with van der Waals surface area (Å²) in [6.45, 7) is 3.27. The molecule has 76 valence electrons. The summed E-state index contributed by atoms with van der Waals surface area (Å²) in [7, 11) is 0. The summed E-state index contributed by atoms with van der Waals surface area (Å²) < 4.78 is 0.746. The minimum Gasteiger partial charge on any atom is -0.258 e. The van der Waals surface area contributed by atoms with Crippen LogP contribution < -0.4 is 5.43 Å². The van der Waals surface area contributed by atoms with E-state index in [9.17, 15) is 10.1 Å². The lowest BCUT2D eigenvalue weighted by Gasteiger charge is -1.88. The van der Waals surface area contributed by atoms with Crippen LogP contribution in [0.2, 0.25) is 0 Å². The largest absolute Gasteiger partial charge is 0.270 e. The Balaban J connectivity index is 2.51. The van der Waals surface area contributed by atoms with Gasteiger partial charge < -0.3 is 0 Å². The Morgan fingerprint density at radius 1 is 1.60 bits per heavy atom. The number of hydrogen-bond acceptors (Lipinski definition) is 6. The molecule has 2 rings (SSSR count). The molecule has 0 saturated heterocycles. The number of nitro benzene ring substituents is 1. The average molecular weight is 222 g/mol. The van der Waals surface area contributed by atoms with E-state index in [0.717, 1.165) is 4.70 Å². The number of rotatable bonds is 3. The van der Waals surface area contributed by atoms with Crippen molar-refractivity contribution in [3.05, 3.63) is 28.3 Å². The van der Waals surface area contributed by atoms with Gasteiger partial charge >= 0.3 is 0 Å². The Hall–Kier alpha value is -2.02. The molecule has 1 aromatic carbocycles. The molecule has 15 heavy (non-hydrogen) atoms. The number of nitrogens with one attached hydrogen (secondary N) is 1. The molecule has 0 fully saturated rings. The highest BCUT2D eigenvalue weighted by Gasteiger charge is 2.09. The summed E-state index contributed by atoms with van der Waals surface area (Å²) in [4.78, 5) is 14.2. The van der Waals surface area contributed by atoms with Crippen molar-refractivity contribution in [2.24, 2.45) is 5.10 Å². The summed E-state index contributed by atoms with van der Waals surface area (Å²) in [6.07, 6.45) is 0. The third kappa shape index (κ3) is 1.77. The predicted molar refractivity (Wildman–Crippen MR) is 59.4 cm³/mol. The van der Waals surface area contributed by atoms with Crippen LogP contribution in [0, 0.1) is 10.1 Å². The molecule has 1 N–H and O–H groups in total. The van der Waals surface area contributed by atoms with Gasteiger partial charge in [-0.25, -0.2) is 4.98 Å². The van der Waals surface area contributed by atoms with E-state index in [4.69, 9.17) is 0 Å². The highest BCUT2D eigenvalue weighted by molar-refractivity contribution is 7.22. The molecule has 0 aliphatic carbocycles. The van der Waals surface area contributed by atoms with Crippen LogP contribution in [0.5, 0.6) is 0 Å². The maximum Gasteiger partial charge on any atom is 0.270 e. The molecule has 2 aromatic rings. The van der Waals surface area contributed by atoms with Gasteiger partial charge in [0.25, 0.3) is 5.69 Å². The Labute approximate surface area is 88.4 Å². The predicted octanol–water partition coefficient (Wildman–Crippen LogP) is 2.23. The molecular weight excluding hydrogens is 216 g/mol. The third-order valence-corrected chi connectivity index (χ3v) is 2.68. The zero-order valence-electron chi connectivity index (χ0n) is 7.51. The fourth-order valence-corrected chi connectivity index (χ4v) is 2.00. The second-order valence-electron chi connectivity index (χ2n) is 2.70. The van der Waals surface area contributed by atoms with Crippen molar-refractivity contribution in [1.82, 2.24) is 4.98 Å². The van der Waals surface area contributed by atoms with Crippen LogP contribution in [-0.2, 0) is 0 Å². The van der Waals surface area contributed by atoms with E-state index < -0.39 is 4.92 Å². The van der Waals surface area contributed by atoms with Crippen LogP contribution in [0.3, 0.4) is 0 Å². The van der Waals surface area contributed by atoms with Crippen LogP contribution in [0.4, 0.5) is 10.8 Å². The minimum atomic E-state index is -0.433. The topological polar surface area (TPSA) is 80.4 Å². The van der Waals surface area contributed by atoms with Gasteiger partial charge in [0.1, 0.15) is 0 Å².